The largest absolute Gasteiger partial charge is 0.310 e. The van der Waals surface area contributed by atoms with E-state index in [2.05, 4.69) is 38.2 Å². The number of rotatable bonds is 5. The van der Waals surface area contributed by atoms with Crippen molar-refractivity contribution in [2.24, 2.45) is 0 Å². The highest BCUT2D eigenvalue weighted by Gasteiger charge is 2.10. The number of thiophene rings is 1. The number of benzene rings is 1. The predicted molar refractivity (Wildman–Crippen MR) is 85.4 cm³/mol. The van der Waals surface area contributed by atoms with Crippen LogP contribution in [0.5, 0.6) is 0 Å². The van der Waals surface area contributed by atoms with E-state index in [0.29, 0.717) is 6.04 Å². The summed E-state index contributed by atoms with van der Waals surface area (Å²) in [5.74, 6) is 0. The van der Waals surface area contributed by atoms with E-state index in [0.717, 1.165) is 18.0 Å². The van der Waals surface area contributed by atoms with Gasteiger partial charge >= 0.3 is 0 Å². The first-order valence-electron chi connectivity index (χ1n) is 6.61. The van der Waals surface area contributed by atoms with E-state index in [9.17, 15) is 0 Å². The molecule has 0 aliphatic rings. The summed E-state index contributed by atoms with van der Waals surface area (Å²) in [6.45, 7) is 7.56. The molecule has 0 bridgehead atoms. The number of aryl methyl sites for hydroxylation is 2. The van der Waals surface area contributed by atoms with Crippen LogP contribution in [0.25, 0.3) is 0 Å². The van der Waals surface area contributed by atoms with Crippen LogP contribution in [-0.2, 0) is 6.42 Å². The summed E-state index contributed by atoms with van der Waals surface area (Å²) in [6.07, 6.45) is 1.01. The standard InChI is InChI=1S/C16H20ClNS/c1-11-9-16(13(3)19-11)12(2)18-8-7-14-5-4-6-15(17)10-14/h4-6,9-10,12,18H,7-8H2,1-3H3. The molecule has 1 heterocycles. The van der Waals surface area contributed by atoms with Crippen molar-refractivity contribution < 1.29 is 0 Å². The van der Waals surface area contributed by atoms with Crippen LogP contribution in [0.15, 0.2) is 30.3 Å². The maximum absolute atomic E-state index is 5.99. The van der Waals surface area contributed by atoms with Crippen molar-refractivity contribution in [3.05, 3.63) is 56.2 Å². The molecule has 2 aromatic rings. The third kappa shape index (κ3) is 4.07. The molecule has 0 amide bonds. The zero-order valence-corrected chi connectivity index (χ0v) is 13.2. The van der Waals surface area contributed by atoms with Gasteiger partial charge in [-0.05, 0) is 63.1 Å². The van der Waals surface area contributed by atoms with E-state index < -0.39 is 0 Å². The Morgan fingerprint density at radius 3 is 2.68 bits per heavy atom. The molecule has 1 unspecified atom stereocenters. The minimum atomic E-state index is 0.407. The Morgan fingerprint density at radius 1 is 1.26 bits per heavy atom. The van der Waals surface area contributed by atoms with E-state index in [1.165, 1.54) is 20.9 Å². The molecule has 3 heteroatoms. The Bertz CT molecular complexity index is 547. The summed E-state index contributed by atoms with van der Waals surface area (Å²) in [7, 11) is 0. The number of nitrogens with one attached hydrogen (secondary N) is 1. The van der Waals surface area contributed by atoms with Gasteiger partial charge in [-0.3, -0.25) is 0 Å². The maximum atomic E-state index is 5.99. The number of halogens is 1. The monoisotopic (exact) mass is 293 g/mol. The first-order chi connectivity index (χ1) is 9.06. The Labute approximate surface area is 124 Å². The lowest BCUT2D eigenvalue weighted by Gasteiger charge is -2.14. The molecule has 2 rings (SSSR count). The Morgan fingerprint density at radius 2 is 2.05 bits per heavy atom. The summed E-state index contributed by atoms with van der Waals surface area (Å²) in [5.41, 5.74) is 2.71. The van der Waals surface area contributed by atoms with Crippen molar-refractivity contribution in [1.29, 1.82) is 0 Å². The van der Waals surface area contributed by atoms with Crippen LogP contribution in [0.1, 0.15) is 33.8 Å². The molecule has 0 spiro atoms. The average molecular weight is 294 g/mol. The van der Waals surface area contributed by atoms with Gasteiger partial charge in [0.1, 0.15) is 0 Å². The second-order valence-electron chi connectivity index (χ2n) is 4.92. The Balaban J connectivity index is 1.87. The summed E-state index contributed by atoms with van der Waals surface area (Å²) in [4.78, 5) is 2.80. The van der Waals surface area contributed by atoms with Gasteiger partial charge in [-0.2, -0.15) is 0 Å². The van der Waals surface area contributed by atoms with Gasteiger partial charge in [-0.1, -0.05) is 23.7 Å². The molecule has 0 saturated heterocycles. The fourth-order valence-corrected chi connectivity index (χ4v) is 3.55. The van der Waals surface area contributed by atoms with E-state index in [-0.39, 0.29) is 0 Å². The second kappa shape index (κ2) is 6.56. The van der Waals surface area contributed by atoms with Gasteiger partial charge in [0.25, 0.3) is 0 Å². The molecule has 0 aliphatic carbocycles. The normalized spacial score (nSPS) is 12.6. The Hall–Kier alpha value is -0.830. The molecule has 1 N–H and O–H groups in total. The fourth-order valence-electron chi connectivity index (χ4n) is 2.32. The van der Waals surface area contributed by atoms with E-state index in [1.54, 1.807) is 0 Å². The first kappa shape index (κ1) is 14.6. The van der Waals surface area contributed by atoms with Crippen LogP contribution in [-0.4, -0.2) is 6.54 Å². The molecule has 0 fully saturated rings. The lowest BCUT2D eigenvalue weighted by molar-refractivity contribution is 0.576. The van der Waals surface area contributed by atoms with Crippen LogP contribution >= 0.6 is 22.9 Å². The van der Waals surface area contributed by atoms with Crippen LogP contribution in [0.3, 0.4) is 0 Å². The highest BCUT2D eigenvalue weighted by molar-refractivity contribution is 7.12. The lowest BCUT2D eigenvalue weighted by Crippen LogP contribution is -2.21. The Kier molecular flexibility index (Phi) is 5.03. The van der Waals surface area contributed by atoms with Crippen molar-refractivity contribution in [2.45, 2.75) is 33.2 Å². The van der Waals surface area contributed by atoms with Crippen molar-refractivity contribution in [3.8, 4) is 0 Å². The second-order valence-corrected chi connectivity index (χ2v) is 6.82. The van der Waals surface area contributed by atoms with Gasteiger partial charge < -0.3 is 5.32 Å². The van der Waals surface area contributed by atoms with Crippen molar-refractivity contribution in [2.75, 3.05) is 6.54 Å². The molecule has 1 aromatic carbocycles. The molecule has 1 aromatic heterocycles. The molecular formula is C16H20ClNS. The van der Waals surface area contributed by atoms with E-state index in [1.807, 2.05) is 29.5 Å². The van der Waals surface area contributed by atoms with Crippen molar-refractivity contribution in [3.63, 3.8) is 0 Å². The number of hydrogen-bond donors (Lipinski definition) is 1. The SMILES string of the molecule is Cc1cc(C(C)NCCc2cccc(Cl)c2)c(C)s1. The minimum absolute atomic E-state index is 0.407. The van der Waals surface area contributed by atoms with Crippen molar-refractivity contribution >= 4 is 22.9 Å². The van der Waals surface area contributed by atoms with E-state index >= 15 is 0 Å². The summed E-state index contributed by atoms with van der Waals surface area (Å²) in [6, 6.07) is 10.8. The molecule has 19 heavy (non-hydrogen) atoms. The zero-order chi connectivity index (χ0) is 13.8. The van der Waals surface area contributed by atoms with Gasteiger partial charge in [0.15, 0.2) is 0 Å². The topological polar surface area (TPSA) is 12.0 Å². The average Bonchev–Trinajstić information content (AvgIpc) is 2.68. The highest BCUT2D eigenvalue weighted by atomic mass is 35.5. The smallest absolute Gasteiger partial charge is 0.0408 e. The summed E-state index contributed by atoms with van der Waals surface area (Å²) in [5, 5.41) is 4.40. The first-order valence-corrected chi connectivity index (χ1v) is 7.80. The van der Waals surface area contributed by atoms with Crippen molar-refractivity contribution in [1.82, 2.24) is 5.32 Å². The molecular weight excluding hydrogens is 274 g/mol. The lowest BCUT2D eigenvalue weighted by atomic mass is 10.1. The third-order valence-electron chi connectivity index (χ3n) is 3.30. The molecule has 1 nitrogen and oxygen atoms in total. The van der Waals surface area contributed by atoms with Crippen LogP contribution in [0, 0.1) is 13.8 Å². The predicted octanol–water partition coefficient (Wildman–Crippen LogP) is 4.91. The van der Waals surface area contributed by atoms with Crippen LogP contribution < -0.4 is 5.32 Å². The number of hydrogen-bond acceptors (Lipinski definition) is 2. The third-order valence-corrected chi connectivity index (χ3v) is 4.52. The zero-order valence-electron chi connectivity index (χ0n) is 11.7. The van der Waals surface area contributed by atoms with Gasteiger partial charge in [0.2, 0.25) is 0 Å². The molecule has 1 atom stereocenters. The van der Waals surface area contributed by atoms with Gasteiger partial charge in [-0.25, -0.2) is 0 Å². The van der Waals surface area contributed by atoms with Gasteiger partial charge in [-0.15, -0.1) is 11.3 Å². The van der Waals surface area contributed by atoms with E-state index in [4.69, 9.17) is 11.6 Å². The molecule has 0 saturated carbocycles. The molecule has 102 valence electrons. The highest BCUT2D eigenvalue weighted by Crippen LogP contribution is 2.26. The maximum Gasteiger partial charge on any atom is 0.0408 e. The fraction of sp³-hybridized carbons (Fsp3) is 0.375. The molecule has 0 aliphatic heterocycles. The van der Waals surface area contributed by atoms with Crippen LogP contribution in [0.2, 0.25) is 5.02 Å². The van der Waals surface area contributed by atoms with Crippen LogP contribution in [0.4, 0.5) is 0 Å². The summed E-state index contributed by atoms with van der Waals surface area (Å²) < 4.78 is 0. The minimum Gasteiger partial charge on any atom is -0.310 e. The van der Waals surface area contributed by atoms with Gasteiger partial charge in [0, 0.05) is 20.8 Å². The quantitative estimate of drug-likeness (QED) is 0.826. The molecule has 0 radical (unpaired) electrons. The summed E-state index contributed by atoms with van der Waals surface area (Å²) >= 11 is 7.86. The van der Waals surface area contributed by atoms with Gasteiger partial charge in [0.05, 0.1) is 0 Å².